The van der Waals surface area contributed by atoms with Crippen molar-refractivity contribution in [3.63, 3.8) is 0 Å². The lowest BCUT2D eigenvalue weighted by Gasteiger charge is -2.11. The summed E-state index contributed by atoms with van der Waals surface area (Å²) in [6.07, 6.45) is 2.22. The lowest BCUT2D eigenvalue weighted by Crippen LogP contribution is -2.01. The van der Waals surface area contributed by atoms with Crippen LogP contribution in [0.5, 0.6) is 0 Å². The molecule has 0 N–H and O–H groups in total. The number of nitrogens with zero attached hydrogens (tertiary/aromatic N) is 4. The highest BCUT2D eigenvalue weighted by molar-refractivity contribution is 6.35. The second-order valence-electron chi connectivity index (χ2n) is 11.1. The maximum atomic E-state index is 2.56. The molecule has 0 saturated heterocycles. The average Bonchev–Trinajstić information content (AvgIpc) is 3.74. The first-order valence-corrected chi connectivity index (χ1v) is 14.1. The van der Waals surface area contributed by atoms with Crippen molar-refractivity contribution >= 4 is 71.1 Å². The van der Waals surface area contributed by atoms with Crippen LogP contribution in [0.25, 0.3) is 82.4 Å². The van der Waals surface area contributed by atoms with Crippen molar-refractivity contribution in [3.8, 4) is 11.4 Å². The molecule has 0 radical (unpaired) electrons. The Hall–Kier alpha value is -5.48. The average molecular weight is 525 g/mol. The molecule has 0 aliphatic rings. The van der Waals surface area contributed by atoms with Crippen LogP contribution in [0.15, 0.2) is 128 Å². The molecule has 0 fully saturated rings. The molecule has 0 spiro atoms. The van der Waals surface area contributed by atoms with Gasteiger partial charge in [-0.1, -0.05) is 72.8 Å². The van der Waals surface area contributed by atoms with E-state index in [1.54, 1.807) is 0 Å². The van der Waals surface area contributed by atoms with Crippen LogP contribution in [0.2, 0.25) is 0 Å². The van der Waals surface area contributed by atoms with Gasteiger partial charge in [-0.3, -0.25) is 8.97 Å². The molecule has 4 nitrogen and oxygen atoms in total. The van der Waals surface area contributed by atoms with Gasteiger partial charge in [-0.2, -0.15) is 0 Å². The van der Waals surface area contributed by atoms with Gasteiger partial charge in [0.05, 0.1) is 16.6 Å². The van der Waals surface area contributed by atoms with Crippen LogP contribution in [0, 0.1) is 0 Å². The number of aryl methyl sites for hydroxylation is 1. The van der Waals surface area contributed by atoms with Gasteiger partial charge in [-0.15, -0.1) is 0 Å². The summed E-state index contributed by atoms with van der Waals surface area (Å²) >= 11 is 0. The maximum Gasteiger partial charge on any atom is 0.132 e. The van der Waals surface area contributed by atoms with E-state index in [0.717, 1.165) is 11.4 Å². The zero-order valence-electron chi connectivity index (χ0n) is 22.4. The molecule has 5 aromatic heterocycles. The van der Waals surface area contributed by atoms with E-state index in [9.17, 15) is 0 Å². The van der Waals surface area contributed by atoms with E-state index in [-0.39, 0.29) is 0 Å². The number of aromatic nitrogens is 4. The van der Waals surface area contributed by atoms with Crippen molar-refractivity contribution in [1.82, 2.24) is 18.1 Å². The molecule has 0 unspecified atom stereocenters. The maximum absolute atomic E-state index is 2.56. The first-order chi connectivity index (χ1) is 20.3. The van der Waals surface area contributed by atoms with Crippen molar-refractivity contribution in [2.24, 2.45) is 7.05 Å². The molecule has 41 heavy (non-hydrogen) atoms. The molecule has 0 atom stereocenters. The summed E-state index contributed by atoms with van der Waals surface area (Å²) < 4.78 is 9.74. The largest absolute Gasteiger partial charge is 0.344 e. The molecule has 0 amide bonds. The van der Waals surface area contributed by atoms with Crippen LogP contribution in [-0.2, 0) is 7.05 Å². The number of hydrogen-bond donors (Lipinski definition) is 0. The highest BCUT2D eigenvalue weighted by atomic mass is 15.2. The fourth-order valence-corrected chi connectivity index (χ4v) is 7.49. The Labute approximate surface area is 234 Å². The molecule has 5 heterocycles. The van der Waals surface area contributed by atoms with Crippen molar-refractivity contribution in [2.75, 3.05) is 0 Å². The van der Waals surface area contributed by atoms with Gasteiger partial charge < -0.3 is 9.13 Å². The third-order valence-corrected chi connectivity index (χ3v) is 9.14. The van der Waals surface area contributed by atoms with Crippen LogP contribution < -0.4 is 0 Å². The standard InChI is InChI=1S/C37H24N4/c1-38-30-18-10-16-28-32-27-15-8-9-17-29(27)40(24-13-6-3-7-14-24)37(32)41-35-25(19-20-31(38)34(35)33(28)30)26-21-22-39(36(26)41)23-11-4-2-5-12-23/h2-22H,1H3. The smallest absolute Gasteiger partial charge is 0.132 e. The molecule has 10 rings (SSSR count). The molecular formula is C37H24N4. The second kappa shape index (κ2) is 7.38. The minimum absolute atomic E-state index is 1.15. The van der Waals surface area contributed by atoms with Gasteiger partial charge in [-0.05, 0) is 53.9 Å². The van der Waals surface area contributed by atoms with Crippen molar-refractivity contribution in [3.05, 3.63) is 128 Å². The Balaban J connectivity index is 1.65. The third kappa shape index (κ3) is 2.47. The summed E-state index contributed by atoms with van der Waals surface area (Å²) in [5, 5.41) is 9.02. The van der Waals surface area contributed by atoms with Gasteiger partial charge in [0.2, 0.25) is 0 Å². The van der Waals surface area contributed by atoms with E-state index >= 15 is 0 Å². The number of benzene rings is 5. The van der Waals surface area contributed by atoms with Crippen LogP contribution >= 0.6 is 0 Å². The van der Waals surface area contributed by atoms with E-state index in [4.69, 9.17) is 0 Å². The van der Waals surface area contributed by atoms with Crippen molar-refractivity contribution in [1.29, 1.82) is 0 Å². The van der Waals surface area contributed by atoms with Gasteiger partial charge >= 0.3 is 0 Å². The summed E-state index contributed by atoms with van der Waals surface area (Å²) in [5.41, 5.74) is 9.68. The summed E-state index contributed by atoms with van der Waals surface area (Å²) in [6.45, 7) is 0. The fourth-order valence-electron chi connectivity index (χ4n) is 7.49. The Morgan fingerprint density at radius 2 is 1.12 bits per heavy atom. The minimum Gasteiger partial charge on any atom is -0.344 e. The molecular weight excluding hydrogens is 500 g/mol. The highest BCUT2D eigenvalue weighted by Gasteiger charge is 2.26. The summed E-state index contributed by atoms with van der Waals surface area (Å²) in [4.78, 5) is 0. The Morgan fingerprint density at radius 1 is 0.439 bits per heavy atom. The molecule has 192 valence electrons. The van der Waals surface area contributed by atoms with E-state index in [1.807, 2.05) is 0 Å². The normalized spacial score (nSPS) is 12.5. The molecule has 5 aromatic carbocycles. The third-order valence-electron chi connectivity index (χ3n) is 9.14. The van der Waals surface area contributed by atoms with E-state index in [1.165, 1.54) is 71.1 Å². The predicted molar refractivity (Wildman–Crippen MR) is 171 cm³/mol. The number of para-hydroxylation sites is 3. The second-order valence-corrected chi connectivity index (χ2v) is 11.1. The predicted octanol–water partition coefficient (Wildman–Crippen LogP) is 9.22. The lowest BCUT2D eigenvalue weighted by atomic mass is 10.0. The fraction of sp³-hybridized carbons (Fsp3) is 0.0270. The highest BCUT2D eigenvalue weighted by Crippen LogP contribution is 2.47. The first kappa shape index (κ1) is 21.4. The minimum atomic E-state index is 1.15. The number of rotatable bonds is 2. The molecule has 0 aliphatic carbocycles. The number of fused-ring (bicyclic) bond motifs is 8. The van der Waals surface area contributed by atoms with Gasteiger partial charge in [0, 0.05) is 62.5 Å². The topological polar surface area (TPSA) is 19.2 Å². The van der Waals surface area contributed by atoms with E-state index in [0.29, 0.717) is 0 Å². The Kier molecular flexibility index (Phi) is 3.84. The van der Waals surface area contributed by atoms with Crippen LogP contribution in [0.4, 0.5) is 0 Å². The Morgan fingerprint density at radius 3 is 1.95 bits per heavy atom. The Bertz CT molecular complexity index is 2630. The van der Waals surface area contributed by atoms with Gasteiger partial charge in [0.15, 0.2) is 0 Å². The van der Waals surface area contributed by atoms with Crippen molar-refractivity contribution in [2.45, 2.75) is 0 Å². The quantitative estimate of drug-likeness (QED) is 0.215. The monoisotopic (exact) mass is 524 g/mol. The molecule has 0 saturated carbocycles. The van der Waals surface area contributed by atoms with E-state index < -0.39 is 0 Å². The van der Waals surface area contributed by atoms with E-state index in [2.05, 4.69) is 153 Å². The molecule has 0 aliphatic heterocycles. The summed E-state index contributed by atoms with van der Waals surface area (Å²) in [6, 6.07) is 44.1. The van der Waals surface area contributed by atoms with Gasteiger partial charge in [0.25, 0.3) is 0 Å². The molecule has 4 heteroatoms. The molecule has 10 aromatic rings. The van der Waals surface area contributed by atoms with Crippen LogP contribution in [0.1, 0.15) is 0 Å². The van der Waals surface area contributed by atoms with Crippen molar-refractivity contribution < 1.29 is 0 Å². The zero-order chi connectivity index (χ0) is 26.8. The number of hydrogen-bond acceptors (Lipinski definition) is 0. The SMILES string of the molecule is Cn1c2cccc3c2c2c1ccc1c4ccn(-c5ccccc5)c4n(c12)c1c3c2ccccc2n1-c1ccccc1. The lowest BCUT2D eigenvalue weighted by molar-refractivity contribution is 1.01. The molecule has 0 bridgehead atoms. The first-order valence-electron chi connectivity index (χ1n) is 14.1. The van der Waals surface area contributed by atoms with Gasteiger partial charge in [0.1, 0.15) is 11.3 Å². The van der Waals surface area contributed by atoms with Crippen LogP contribution in [0.3, 0.4) is 0 Å². The summed E-state index contributed by atoms with van der Waals surface area (Å²) in [7, 11) is 2.20. The zero-order valence-corrected chi connectivity index (χ0v) is 22.4. The van der Waals surface area contributed by atoms with Crippen LogP contribution in [-0.4, -0.2) is 18.1 Å². The van der Waals surface area contributed by atoms with Gasteiger partial charge in [-0.25, -0.2) is 0 Å². The summed E-state index contributed by atoms with van der Waals surface area (Å²) in [5.74, 6) is 0.